The average Bonchev–Trinajstić information content (AvgIpc) is 2.84. The summed E-state index contributed by atoms with van der Waals surface area (Å²) >= 11 is 0. The summed E-state index contributed by atoms with van der Waals surface area (Å²) in [6, 6.07) is 21.4. The van der Waals surface area contributed by atoms with E-state index in [9.17, 15) is 4.79 Å². The van der Waals surface area contributed by atoms with E-state index in [2.05, 4.69) is 81.2 Å². The number of carbonyl (C=O) groups excluding carboxylic acids is 1. The first-order valence-corrected chi connectivity index (χ1v) is 11.7. The maximum atomic E-state index is 11.4. The zero-order valence-electron chi connectivity index (χ0n) is 19.2. The third-order valence-electron chi connectivity index (χ3n) is 6.20. The molecule has 0 saturated carbocycles. The fourth-order valence-electron chi connectivity index (χ4n) is 4.45. The maximum absolute atomic E-state index is 11.4. The van der Waals surface area contributed by atoms with Crippen LogP contribution < -0.4 is 16.4 Å². The number of primary amides is 1. The van der Waals surface area contributed by atoms with Gasteiger partial charge in [-0.2, -0.15) is 0 Å². The van der Waals surface area contributed by atoms with Crippen molar-refractivity contribution in [3.05, 3.63) is 71.8 Å². The quantitative estimate of drug-likeness (QED) is 0.304. The second-order valence-electron chi connectivity index (χ2n) is 8.48. The number of likely N-dealkylation sites (tertiary alicyclic amines) is 1. The molecule has 6 nitrogen and oxygen atoms in total. The van der Waals surface area contributed by atoms with E-state index in [0.717, 1.165) is 64.4 Å². The zero-order chi connectivity index (χ0) is 22.6. The predicted octanol–water partition coefficient (Wildman–Crippen LogP) is 2.96. The van der Waals surface area contributed by atoms with Crippen molar-refractivity contribution in [3.8, 4) is 0 Å². The first-order valence-electron chi connectivity index (χ1n) is 11.7. The molecule has 1 saturated heterocycles. The van der Waals surface area contributed by atoms with Gasteiger partial charge in [-0.3, -0.25) is 9.79 Å². The smallest absolute Gasteiger partial charge is 0.221 e. The highest BCUT2D eigenvalue weighted by molar-refractivity contribution is 5.79. The van der Waals surface area contributed by atoms with Gasteiger partial charge in [0.2, 0.25) is 5.91 Å². The maximum Gasteiger partial charge on any atom is 0.221 e. The van der Waals surface area contributed by atoms with E-state index >= 15 is 0 Å². The molecule has 1 heterocycles. The Morgan fingerprint density at radius 1 is 1.06 bits per heavy atom. The number of nitrogens with two attached hydrogens (primary N) is 1. The Bertz CT molecular complexity index is 800. The summed E-state index contributed by atoms with van der Waals surface area (Å²) < 4.78 is 0. The van der Waals surface area contributed by atoms with Gasteiger partial charge in [0, 0.05) is 32.6 Å². The van der Waals surface area contributed by atoms with Crippen LogP contribution in [-0.4, -0.2) is 56.5 Å². The molecule has 1 amide bonds. The fraction of sp³-hybridized carbons (Fsp3) is 0.462. The second kappa shape index (κ2) is 12.9. The fourth-order valence-corrected chi connectivity index (χ4v) is 4.45. The number of nitrogens with zero attached hydrogens (tertiary/aromatic N) is 2. The standard InChI is InChI=1S/C26H37N5O/c1-28-26(29-16-9-19-31-18-8-14-23(20-31)25(27)32)30-17-15-24(21-10-4-2-5-11-21)22-12-6-3-7-13-22/h2-7,10-13,23-24H,8-9,14-20H2,1H3,(H2,27,32)(H2,28,29,30). The van der Waals surface area contributed by atoms with Crippen molar-refractivity contribution in [2.75, 3.05) is 39.8 Å². The normalized spacial score (nSPS) is 17.3. The molecule has 0 aliphatic carbocycles. The van der Waals surface area contributed by atoms with Crippen molar-refractivity contribution in [1.82, 2.24) is 15.5 Å². The van der Waals surface area contributed by atoms with Gasteiger partial charge in [0.25, 0.3) is 0 Å². The van der Waals surface area contributed by atoms with E-state index in [1.165, 1.54) is 11.1 Å². The monoisotopic (exact) mass is 435 g/mol. The molecule has 1 aliphatic heterocycles. The van der Waals surface area contributed by atoms with E-state index in [4.69, 9.17) is 5.73 Å². The van der Waals surface area contributed by atoms with Crippen molar-refractivity contribution < 1.29 is 4.79 Å². The number of hydrogen-bond donors (Lipinski definition) is 3. The Hall–Kier alpha value is -2.86. The summed E-state index contributed by atoms with van der Waals surface area (Å²) in [6.07, 6.45) is 3.96. The van der Waals surface area contributed by atoms with Gasteiger partial charge in [-0.1, -0.05) is 60.7 Å². The Morgan fingerprint density at radius 2 is 1.69 bits per heavy atom. The molecule has 0 radical (unpaired) electrons. The van der Waals surface area contributed by atoms with Crippen LogP contribution in [0.25, 0.3) is 0 Å². The molecule has 6 heteroatoms. The summed E-state index contributed by atoms with van der Waals surface area (Å²) in [5, 5.41) is 6.88. The Balaban J connectivity index is 1.42. The first-order chi connectivity index (χ1) is 15.7. The molecule has 172 valence electrons. The molecule has 1 aliphatic rings. The van der Waals surface area contributed by atoms with Gasteiger partial charge in [-0.25, -0.2) is 0 Å². The largest absolute Gasteiger partial charge is 0.369 e. The molecular weight excluding hydrogens is 398 g/mol. The highest BCUT2D eigenvalue weighted by atomic mass is 16.1. The summed E-state index contributed by atoms with van der Waals surface area (Å²) in [4.78, 5) is 18.2. The lowest BCUT2D eigenvalue weighted by Crippen LogP contribution is -2.43. The first kappa shape index (κ1) is 23.8. The van der Waals surface area contributed by atoms with Crippen molar-refractivity contribution in [2.45, 2.75) is 31.6 Å². The van der Waals surface area contributed by atoms with Crippen LogP contribution in [0.5, 0.6) is 0 Å². The minimum absolute atomic E-state index is 0.00770. The molecule has 1 atom stereocenters. The molecule has 1 fully saturated rings. The van der Waals surface area contributed by atoms with Gasteiger partial charge in [-0.15, -0.1) is 0 Å². The lowest BCUT2D eigenvalue weighted by molar-refractivity contribution is -0.123. The SMILES string of the molecule is CN=C(NCCCN1CCCC(C(N)=O)C1)NCCC(c1ccccc1)c1ccccc1. The van der Waals surface area contributed by atoms with Crippen LogP contribution in [0.3, 0.4) is 0 Å². The molecule has 0 spiro atoms. The van der Waals surface area contributed by atoms with Crippen LogP contribution >= 0.6 is 0 Å². The number of amides is 1. The highest BCUT2D eigenvalue weighted by Crippen LogP contribution is 2.27. The lowest BCUT2D eigenvalue weighted by atomic mass is 9.88. The number of aliphatic imine (C=N–C) groups is 1. The minimum Gasteiger partial charge on any atom is -0.369 e. The van der Waals surface area contributed by atoms with Gasteiger partial charge in [0.15, 0.2) is 5.96 Å². The summed E-state index contributed by atoms with van der Waals surface area (Å²) in [7, 11) is 1.81. The molecule has 4 N–H and O–H groups in total. The van der Waals surface area contributed by atoms with Gasteiger partial charge < -0.3 is 21.3 Å². The molecule has 0 bridgehead atoms. The lowest BCUT2D eigenvalue weighted by Gasteiger charge is -2.31. The van der Waals surface area contributed by atoms with Crippen LogP contribution in [0.15, 0.2) is 65.7 Å². The molecule has 2 aromatic carbocycles. The number of rotatable bonds is 10. The number of benzene rings is 2. The van der Waals surface area contributed by atoms with Crippen molar-refractivity contribution in [3.63, 3.8) is 0 Å². The summed E-state index contributed by atoms with van der Waals surface area (Å²) in [5.41, 5.74) is 8.15. The molecule has 2 aromatic rings. The summed E-state index contributed by atoms with van der Waals surface area (Å²) in [6.45, 7) is 4.50. The molecule has 32 heavy (non-hydrogen) atoms. The number of hydrogen-bond acceptors (Lipinski definition) is 3. The van der Waals surface area contributed by atoms with Crippen molar-refractivity contribution in [2.24, 2.45) is 16.6 Å². The number of nitrogens with one attached hydrogen (secondary N) is 2. The topological polar surface area (TPSA) is 82.8 Å². The van der Waals surface area contributed by atoms with Gasteiger partial charge >= 0.3 is 0 Å². The number of guanidine groups is 1. The third-order valence-corrected chi connectivity index (χ3v) is 6.20. The Kier molecular flexibility index (Phi) is 9.57. The zero-order valence-corrected chi connectivity index (χ0v) is 19.2. The molecule has 0 aromatic heterocycles. The molecular formula is C26H37N5O. The van der Waals surface area contributed by atoms with E-state index in [1.807, 2.05) is 7.05 Å². The third kappa shape index (κ3) is 7.38. The summed E-state index contributed by atoms with van der Waals surface area (Å²) in [5.74, 6) is 1.02. The van der Waals surface area contributed by atoms with E-state index in [0.29, 0.717) is 5.92 Å². The molecule has 1 unspecified atom stereocenters. The van der Waals surface area contributed by atoms with Crippen LogP contribution in [0.2, 0.25) is 0 Å². The van der Waals surface area contributed by atoms with Gasteiger partial charge in [0.1, 0.15) is 0 Å². The molecule has 3 rings (SSSR count). The van der Waals surface area contributed by atoms with Gasteiger partial charge in [0.05, 0.1) is 5.92 Å². The van der Waals surface area contributed by atoms with E-state index in [1.54, 1.807) is 0 Å². The Morgan fingerprint density at radius 3 is 2.28 bits per heavy atom. The van der Waals surface area contributed by atoms with Crippen molar-refractivity contribution in [1.29, 1.82) is 0 Å². The van der Waals surface area contributed by atoms with Crippen LogP contribution in [0.1, 0.15) is 42.7 Å². The van der Waals surface area contributed by atoms with Gasteiger partial charge in [-0.05, 0) is 49.9 Å². The average molecular weight is 436 g/mol. The predicted molar refractivity (Wildman–Crippen MR) is 132 cm³/mol. The Labute approximate surface area is 192 Å². The number of piperidine rings is 1. The number of carbonyl (C=O) groups is 1. The van der Waals surface area contributed by atoms with Crippen LogP contribution in [-0.2, 0) is 4.79 Å². The second-order valence-corrected chi connectivity index (χ2v) is 8.48. The van der Waals surface area contributed by atoms with Crippen molar-refractivity contribution >= 4 is 11.9 Å². The van der Waals surface area contributed by atoms with Crippen LogP contribution in [0, 0.1) is 5.92 Å². The van der Waals surface area contributed by atoms with E-state index in [-0.39, 0.29) is 11.8 Å². The minimum atomic E-state index is -0.165. The van der Waals surface area contributed by atoms with Crippen LogP contribution in [0.4, 0.5) is 0 Å². The highest BCUT2D eigenvalue weighted by Gasteiger charge is 2.23. The van der Waals surface area contributed by atoms with E-state index < -0.39 is 0 Å².